The molecule has 2 fully saturated rings. The molecule has 0 saturated heterocycles. The van der Waals surface area contributed by atoms with Crippen molar-refractivity contribution in [3.63, 3.8) is 0 Å². The van der Waals surface area contributed by atoms with Gasteiger partial charge in [0, 0.05) is 5.02 Å². The summed E-state index contributed by atoms with van der Waals surface area (Å²) in [5, 5.41) is 0.662. The van der Waals surface area contributed by atoms with E-state index in [0.29, 0.717) is 10.8 Å². The molecule has 3 rings (SSSR count). The normalized spacial score (nSPS) is 28.7. The molecule has 0 heterocycles. The Balaban J connectivity index is 1.37. The van der Waals surface area contributed by atoms with Gasteiger partial charge in [0.05, 0.1) is 5.92 Å². The van der Waals surface area contributed by atoms with Crippen LogP contribution in [0.2, 0.25) is 5.02 Å². The zero-order valence-corrected chi connectivity index (χ0v) is 17.6. The van der Waals surface area contributed by atoms with Crippen molar-refractivity contribution in [1.82, 2.24) is 0 Å². The molecule has 2 aliphatic carbocycles. The van der Waals surface area contributed by atoms with Crippen molar-refractivity contribution in [2.45, 2.75) is 84.0 Å². The molecule has 3 heteroatoms. The number of ether oxygens (including phenoxy) is 1. The van der Waals surface area contributed by atoms with Gasteiger partial charge in [-0.05, 0) is 80.5 Å². The Morgan fingerprint density at radius 2 is 1.52 bits per heavy atom. The Morgan fingerprint density at radius 3 is 2.11 bits per heavy atom. The first-order valence-electron chi connectivity index (χ1n) is 11.1. The second-order valence-electron chi connectivity index (χ2n) is 8.76. The molecule has 0 amide bonds. The van der Waals surface area contributed by atoms with Gasteiger partial charge in [-0.15, -0.1) is 0 Å². The highest BCUT2D eigenvalue weighted by molar-refractivity contribution is 6.30. The third kappa shape index (κ3) is 6.24. The maximum atomic E-state index is 12.4. The molecule has 1 aromatic carbocycles. The molecular formula is C24H35ClO2. The lowest BCUT2D eigenvalue weighted by molar-refractivity contribution is -0.140. The largest absolute Gasteiger partial charge is 0.426 e. The van der Waals surface area contributed by atoms with Gasteiger partial charge in [0.15, 0.2) is 0 Å². The highest BCUT2D eigenvalue weighted by atomic mass is 35.5. The standard InChI is InChI=1S/C24H35ClO2/c1-2-3-4-5-18-6-8-19(9-7-18)20-10-12-21(13-11-20)24(26)27-23-16-14-22(25)15-17-23/h14-21H,2-13H2,1H3/t18-,19-,20-,21-. The predicted molar refractivity (Wildman–Crippen MR) is 112 cm³/mol. The summed E-state index contributed by atoms with van der Waals surface area (Å²) in [5.41, 5.74) is 0. The summed E-state index contributed by atoms with van der Waals surface area (Å²) in [4.78, 5) is 12.4. The average Bonchev–Trinajstić information content (AvgIpc) is 2.70. The Kier molecular flexibility index (Phi) is 8.06. The fourth-order valence-corrected chi connectivity index (χ4v) is 5.29. The first-order valence-corrected chi connectivity index (χ1v) is 11.5. The van der Waals surface area contributed by atoms with E-state index in [-0.39, 0.29) is 11.9 Å². The molecule has 0 bridgehead atoms. The summed E-state index contributed by atoms with van der Waals surface area (Å²) in [6.45, 7) is 2.29. The minimum atomic E-state index is -0.0598. The third-order valence-electron chi connectivity index (χ3n) is 6.91. The number of rotatable bonds is 7. The SMILES string of the molecule is CCCCC[C@H]1CC[C@H]([C@H]2CC[C@H](C(=O)Oc3ccc(Cl)cc3)CC2)CC1. The number of benzene rings is 1. The van der Waals surface area contributed by atoms with Gasteiger partial charge in [0.1, 0.15) is 5.75 Å². The van der Waals surface area contributed by atoms with Gasteiger partial charge in [-0.3, -0.25) is 4.79 Å². The van der Waals surface area contributed by atoms with Crippen LogP contribution in [0.25, 0.3) is 0 Å². The molecule has 0 radical (unpaired) electrons. The molecule has 150 valence electrons. The van der Waals surface area contributed by atoms with Crippen LogP contribution in [0.4, 0.5) is 0 Å². The van der Waals surface area contributed by atoms with Crippen LogP contribution in [0, 0.1) is 23.7 Å². The lowest BCUT2D eigenvalue weighted by Gasteiger charge is -2.37. The lowest BCUT2D eigenvalue weighted by atomic mass is 9.68. The van der Waals surface area contributed by atoms with E-state index >= 15 is 0 Å². The van der Waals surface area contributed by atoms with Crippen molar-refractivity contribution < 1.29 is 9.53 Å². The van der Waals surface area contributed by atoms with Crippen molar-refractivity contribution in [1.29, 1.82) is 0 Å². The van der Waals surface area contributed by atoms with Gasteiger partial charge in [-0.25, -0.2) is 0 Å². The molecule has 0 spiro atoms. The van der Waals surface area contributed by atoms with Crippen LogP contribution < -0.4 is 4.74 Å². The van der Waals surface area contributed by atoms with E-state index in [1.165, 1.54) is 64.2 Å². The molecule has 2 saturated carbocycles. The second-order valence-corrected chi connectivity index (χ2v) is 9.20. The lowest BCUT2D eigenvalue weighted by Crippen LogP contribution is -2.30. The predicted octanol–water partition coefficient (Wildman–Crippen LogP) is 7.44. The average molecular weight is 391 g/mol. The first-order chi connectivity index (χ1) is 13.2. The maximum Gasteiger partial charge on any atom is 0.314 e. The molecule has 0 unspecified atom stereocenters. The van der Waals surface area contributed by atoms with E-state index < -0.39 is 0 Å². The van der Waals surface area contributed by atoms with Crippen LogP contribution in [0.3, 0.4) is 0 Å². The van der Waals surface area contributed by atoms with Gasteiger partial charge in [-0.1, -0.05) is 57.0 Å². The fourth-order valence-electron chi connectivity index (χ4n) is 5.16. The highest BCUT2D eigenvalue weighted by Gasteiger charge is 2.33. The maximum absolute atomic E-state index is 12.4. The van der Waals surface area contributed by atoms with Crippen LogP contribution >= 0.6 is 11.6 Å². The van der Waals surface area contributed by atoms with Crippen LogP contribution in [0.5, 0.6) is 5.75 Å². The number of hydrogen-bond donors (Lipinski definition) is 0. The summed E-state index contributed by atoms with van der Waals surface area (Å²) < 4.78 is 5.55. The van der Waals surface area contributed by atoms with Crippen LogP contribution in [0.1, 0.15) is 84.0 Å². The summed E-state index contributed by atoms with van der Waals surface area (Å²) >= 11 is 5.89. The van der Waals surface area contributed by atoms with Crippen molar-refractivity contribution in [3.05, 3.63) is 29.3 Å². The number of carbonyl (C=O) groups is 1. The van der Waals surface area contributed by atoms with E-state index in [4.69, 9.17) is 16.3 Å². The number of unbranched alkanes of at least 4 members (excludes halogenated alkanes) is 2. The molecule has 2 aliphatic rings. The second kappa shape index (κ2) is 10.5. The number of esters is 1. The summed E-state index contributed by atoms with van der Waals surface area (Å²) in [5.74, 6) is 3.34. The zero-order valence-electron chi connectivity index (χ0n) is 16.8. The van der Waals surface area contributed by atoms with E-state index in [2.05, 4.69) is 6.92 Å². The molecule has 0 atom stereocenters. The Morgan fingerprint density at radius 1 is 0.926 bits per heavy atom. The van der Waals surface area contributed by atoms with Gasteiger partial charge in [-0.2, -0.15) is 0 Å². The number of halogens is 1. The Bertz CT molecular complexity index is 567. The van der Waals surface area contributed by atoms with E-state index in [9.17, 15) is 4.79 Å². The van der Waals surface area contributed by atoms with E-state index in [1.807, 2.05) is 0 Å². The topological polar surface area (TPSA) is 26.3 Å². The summed E-state index contributed by atoms with van der Waals surface area (Å²) in [6.07, 6.45) is 15.7. The number of hydrogen-bond acceptors (Lipinski definition) is 2. The van der Waals surface area contributed by atoms with Gasteiger partial charge >= 0.3 is 5.97 Å². The Labute approximate surface area is 170 Å². The van der Waals surface area contributed by atoms with Gasteiger partial charge in [0.25, 0.3) is 0 Å². The summed E-state index contributed by atoms with van der Waals surface area (Å²) in [7, 11) is 0. The molecule has 2 nitrogen and oxygen atoms in total. The quantitative estimate of drug-likeness (QED) is 0.274. The van der Waals surface area contributed by atoms with Crippen molar-refractivity contribution in [2.75, 3.05) is 0 Å². The smallest absolute Gasteiger partial charge is 0.314 e. The zero-order chi connectivity index (χ0) is 19.1. The monoisotopic (exact) mass is 390 g/mol. The van der Waals surface area contributed by atoms with Crippen LogP contribution in [0.15, 0.2) is 24.3 Å². The molecule has 0 N–H and O–H groups in total. The van der Waals surface area contributed by atoms with E-state index in [1.54, 1.807) is 24.3 Å². The van der Waals surface area contributed by atoms with Crippen molar-refractivity contribution in [2.24, 2.45) is 23.7 Å². The van der Waals surface area contributed by atoms with Crippen molar-refractivity contribution >= 4 is 17.6 Å². The minimum absolute atomic E-state index is 0.0598. The van der Waals surface area contributed by atoms with E-state index in [0.717, 1.165) is 30.6 Å². The summed E-state index contributed by atoms with van der Waals surface area (Å²) in [6, 6.07) is 7.06. The van der Waals surface area contributed by atoms with Gasteiger partial charge in [0.2, 0.25) is 0 Å². The number of carbonyl (C=O) groups excluding carboxylic acids is 1. The molecule has 27 heavy (non-hydrogen) atoms. The van der Waals surface area contributed by atoms with Gasteiger partial charge < -0.3 is 4.74 Å². The molecule has 1 aromatic rings. The first kappa shape index (κ1) is 20.7. The molecule has 0 aliphatic heterocycles. The fraction of sp³-hybridized carbons (Fsp3) is 0.708. The minimum Gasteiger partial charge on any atom is -0.426 e. The van der Waals surface area contributed by atoms with Crippen LogP contribution in [-0.4, -0.2) is 5.97 Å². The molecule has 0 aromatic heterocycles. The third-order valence-corrected chi connectivity index (χ3v) is 7.16. The molecular weight excluding hydrogens is 356 g/mol. The highest BCUT2D eigenvalue weighted by Crippen LogP contribution is 2.42. The van der Waals surface area contributed by atoms with Crippen molar-refractivity contribution in [3.8, 4) is 5.75 Å². The Hall–Kier alpha value is -1.02. The van der Waals surface area contributed by atoms with Crippen LogP contribution in [-0.2, 0) is 4.79 Å².